The molecule has 16 heteroatoms. The lowest BCUT2D eigenvalue weighted by molar-refractivity contribution is -0.170. The van der Waals surface area contributed by atoms with Crippen molar-refractivity contribution in [2.75, 3.05) is 49.7 Å². The Balaban J connectivity index is 1.05. The summed E-state index contributed by atoms with van der Waals surface area (Å²) in [4.78, 5) is 46.2. The molecule has 1 aromatic heterocycles. The first-order valence-electron chi connectivity index (χ1n) is 15.2. The minimum absolute atomic E-state index is 0.126. The molecule has 1 N–H and O–H groups in total. The van der Waals surface area contributed by atoms with E-state index in [-0.39, 0.29) is 47.8 Å². The molecule has 4 aromatic rings. The molecule has 1 fully saturated rings. The number of carbonyl (C=O) groups is 3. The molecular weight excluding hydrogens is 702 g/mol. The molecule has 6 rings (SSSR count). The van der Waals surface area contributed by atoms with Crippen molar-refractivity contribution >= 4 is 52.3 Å². The van der Waals surface area contributed by atoms with Crippen LogP contribution in [0.15, 0.2) is 79.0 Å². The number of halogens is 5. The molecule has 3 heterocycles. The molecule has 2 aliphatic heterocycles. The van der Waals surface area contributed by atoms with E-state index in [1.165, 1.54) is 59.6 Å². The summed E-state index contributed by atoms with van der Waals surface area (Å²) in [7, 11) is 0. The molecule has 2 aliphatic rings. The number of nitrogens with zero attached hydrogens (tertiary/aromatic N) is 4. The molecule has 0 aliphatic carbocycles. The van der Waals surface area contributed by atoms with Gasteiger partial charge in [0.2, 0.25) is 18.6 Å². The summed E-state index contributed by atoms with van der Waals surface area (Å²) in [5, 5.41) is 3.21. The van der Waals surface area contributed by atoms with Crippen molar-refractivity contribution in [3.63, 3.8) is 0 Å². The zero-order valence-corrected chi connectivity index (χ0v) is 27.6. The van der Waals surface area contributed by atoms with Gasteiger partial charge in [-0.05, 0) is 66.2 Å². The van der Waals surface area contributed by atoms with E-state index in [4.69, 9.17) is 37.4 Å². The van der Waals surface area contributed by atoms with Gasteiger partial charge in [0.05, 0.1) is 21.9 Å². The fourth-order valence-corrected chi connectivity index (χ4v) is 5.59. The summed E-state index contributed by atoms with van der Waals surface area (Å²) < 4.78 is 57.3. The molecule has 0 spiro atoms. The van der Waals surface area contributed by atoms with Crippen LogP contribution in [0.3, 0.4) is 0 Å². The number of aromatic nitrogens is 1. The van der Waals surface area contributed by atoms with Crippen LogP contribution in [-0.4, -0.2) is 78.2 Å². The summed E-state index contributed by atoms with van der Waals surface area (Å²) >= 11 is 11.9. The molecule has 3 amide bonds. The van der Waals surface area contributed by atoms with Crippen molar-refractivity contribution < 1.29 is 41.8 Å². The summed E-state index contributed by atoms with van der Waals surface area (Å²) in [6, 6.07) is 18.3. The number of pyridine rings is 1. The number of ether oxygens (including phenoxy) is 3. The molecule has 1 saturated heterocycles. The average molecular weight is 731 g/mol. The molecule has 0 radical (unpaired) electrons. The van der Waals surface area contributed by atoms with E-state index >= 15 is 0 Å². The lowest BCUT2D eigenvalue weighted by Crippen LogP contribution is -2.53. The van der Waals surface area contributed by atoms with Gasteiger partial charge in [-0.15, -0.1) is 0 Å². The highest BCUT2D eigenvalue weighted by Gasteiger charge is 2.44. The number of piperazine rings is 1. The number of alkyl halides is 3. The maximum Gasteiger partial charge on any atom is 0.471 e. The number of benzene rings is 3. The van der Waals surface area contributed by atoms with Crippen LogP contribution in [-0.2, 0) is 16.1 Å². The first-order chi connectivity index (χ1) is 23.9. The van der Waals surface area contributed by atoms with E-state index in [2.05, 4.69) is 15.2 Å². The molecule has 0 saturated carbocycles. The number of hydrogen-bond acceptors (Lipinski definition) is 8. The lowest BCUT2D eigenvalue weighted by Gasteiger charge is -2.36. The Hall–Kier alpha value is -5.05. The Labute approximate surface area is 294 Å². The fraction of sp³-hybridized carbons (Fsp3) is 0.235. The molecule has 0 atom stereocenters. The Morgan fingerprint density at radius 1 is 0.880 bits per heavy atom. The summed E-state index contributed by atoms with van der Waals surface area (Å²) in [6.45, 7) is 1.55. The third kappa shape index (κ3) is 8.38. The van der Waals surface area contributed by atoms with Gasteiger partial charge in [0.15, 0.2) is 11.5 Å². The minimum atomic E-state index is -5.21. The minimum Gasteiger partial charge on any atom is -0.454 e. The average Bonchev–Trinajstić information content (AvgIpc) is 3.57. The highest BCUT2D eigenvalue weighted by Crippen LogP contribution is 2.33. The number of anilines is 2. The van der Waals surface area contributed by atoms with E-state index in [0.717, 1.165) is 5.56 Å². The molecule has 50 heavy (non-hydrogen) atoms. The quantitative estimate of drug-likeness (QED) is 0.211. The second kappa shape index (κ2) is 14.8. The monoisotopic (exact) mass is 729 g/mol. The van der Waals surface area contributed by atoms with Gasteiger partial charge in [-0.3, -0.25) is 24.2 Å². The number of fused-ring (bicyclic) bond motifs is 1. The zero-order valence-electron chi connectivity index (χ0n) is 26.1. The molecule has 3 aromatic carbocycles. The van der Waals surface area contributed by atoms with Crippen LogP contribution in [0.25, 0.3) is 0 Å². The van der Waals surface area contributed by atoms with Gasteiger partial charge in [0.25, 0.3) is 5.91 Å². The highest BCUT2D eigenvalue weighted by molar-refractivity contribution is 6.42. The van der Waals surface area contributed by atoms with Gasteiger partial charge in [-0.25, -0.2) is 4.98 Å². The topological polar surface area (TPSA) is 114 Å². The van der Waals surface area contributed by atoms with Gasteiger partial charge in [0.1, 0.15) is 12.3 Å². The van der Waals surface area contributed by atoms with Gasteiger partial charge in [0, 0.05) is 50.0 Å². The normalized spacial score (nSPS) is 14.3. The second-order valence-corrected chi connectivity index (χ2v) is 12.1. The smallest absolute Gasteiger partial charge is 0.454 e. The number of nitrogens with one attached hydrogen (secondary N) is 1. The number of rotatable bonds is 9. The van der Waals surface area contributed by atoms with Crippen molar-refractivity contribution in [1.29, 1.82) is 0 Å². The first kappa shape index (κ1) is 34.8. The summed E-state index contributed by atoms with van der Waals surface area (Å²) in [5.41, 5.74) is 1.51. The van der Waals surface area contributed by atoms with Crippen LogP contribution in [0.4, 0.5) is 24.5 Å². The lowest BCUT2D eigenvalue weighted by atomic mass is 10.1. The molecule has 0 bridgehead atoms. The number of amides is 3. The maximum atomic E-state index is 13.6. The predicted molar refractivity (Wildman–Crippen MR) is 178 cm³/mol. The number of hydrogen-bond donors (Lipinski definition) is 1. The van der Waals surface area contributed by atoms with Crippen LogP contribution in [0, 0.1) is 0 Å². The Morgan fingerprint density at radius 3 is 2.30 bits per heavy atom. The van der Waals surface area contributed by atoms with Gasteiger partial charge >= 0.3 is 12.1 Å². The number of carbonyl (C=O) groups excluding carboxylic acids is 3. The fourth-order valence-electron chi connectivity index (χ4n) is 5.29. The van der Waals surface area contributed by atoms with Gasteiger partial charge in [-0.1, -0.05) is 29.3 Å². The van der Waals surface area contributed by atoms with Crippen molar-refractivity contribution in [1.82, 2.24) is 14.8 Å². The second-order valence-electron chi connectivity index (χ2n) is 11.3. The van der Waals surface area contributed by atoms with Crippen LogP contribution in [0.2, 0.25) is 10.0 Å². The van der Waals surface area contributed by atoms with Gasteiger partial charge in [-0.2, -0.15) is 13.2 Å². The molecular formula is C34H28Cl2F3N5O6. The third-order valence-electron chi connectivity index (χ3n) is 7.90. The molecule has 0 unspecified atom stereocenters. The summed E-state index contributed by atoms with van der Waals surface area (Å²) in [5.74, 6) is -1.54. The standard InChI is InChI=1S/C34H28Cl2F3N5O6/c35-26-8-2-22(16-27(26)36)32(46)41-23-3-10-30(40-17-23)50-25-6-4-24(5-7-25)44(33(47)34(37,38)39)19-31(45)43-13-11-42(12-14-43)18-21-1-9-28-29(15-21)49-20-48-28/h1-10,15-17H,11-14,18-20H2,(H,41,46). The van der Waals surface area contributed by atoms with Crippen LogP contribution < -0.4 is 24.4 Å². The third-order valence-corrected chi connectivity index (χ3v) is 8.64. The van der Waals surface area contributed by atoms with Crippen LogP contribution in [0.1, 0.15) is 15.9 Å². The molecule has 11 nitrogen and oxygen atoms in total. The Kier molecular flexibility index (Phi) is 10.3. The summed E-state index contributed by atoms with van der Waals surface area (Å²) in [6.07, 6.45) is -3.86. The van der Waals surface area contributed by atoms with E-state index in [1.807, 2.05) is 18.2 Å². The maximum absolute atomic E-state index is 13.6. The van der Waals surface area contributed by atoms with Gasteiger partial charge < -0.3 is 24.4 Å². The Morgan fingerprint density at radius 2 is 1.62 bits per heavy atom. The van der Waals surface area contributed by atoms with E-state index in [9.17, 15) is 27.6 Å². The van der Waals surface area contributed by atoms with E-state index in [0.29, 0.717) is 46.7 Å². The van der Waals surface area contributed by atoms with Crippen LogP contribution in [0.5, 0.6) is 23.1 Å². The van der Waals surface area contributed by atoms with Crippen molar-refractivity contribution in [3.05, 3.63) is 100 Å². The zero-order chi connectivity index (χ0) is 35.4. The largest absolute Gasteiger partial charge is 0.471 e. The first-order valence-corrected chi connectivity index (χ1v) is 16.0. The SMILES string of the molecule is O=C(Nc1ccc(Oc2ccc(N(CC(=O)N3CCN(Cc4ccc5c(c4)OCO5)CC3)C(=O)C(F)(F)F)cc2)nc1)c1ccc(Cl)c(Cl)c1. The van der Waals surface area contributed by atoms with Crippen molar-refractivity contribution in [2.45, 2.75) is 12.7 Å². The van der Waals surface area contributed by atoms with Crippen molar-refractivity contribution in [2.24, 2.45) is 0 Å². The Bertz CT molecular complexity index is 1890. The van der Waals surface area contributed by atoms with Crippen molar-refractivity contribution in [3.8, 4) is 23.1 Å². The van der Waals surface area contributed by atoms with Crippen LogP contribution >= 0.6 is 23.2 Å². The predicted octanol–water partition coefficient (Wildman–Crippen LogP) is 6.40. The van der Waals surface area contributed by atoms with E-state index in [1.54, 1.807) is 6.07 Å². The molecule has 260 valence electrons. The van der Waals surface area contributed by atoms with E-state index < -0.39 is 30.4 Å². The highest BCUT2D eigenvalue weighted by atomic mass is 35.5.